The smallest absolute Gasteiger partial charge is 0.145 e. The minimum atomic E-state index is -0.296. The molecule has 3 rings (SSSR count). The molecule has 1 nitrogen and oxygen atoms in total. The Morgan fingerprint density at radius 1 is 1.35 bits per heavy atom. The molecule has 3 unspecified atom stereocenters. The molecule has 17 heavy (non-hydrogen) atoms. The third-order valence-electron chi connectivity index (χ3n) is 4.45. The maximum atomic E-state index is 13.7. The second-order valence-electron chi connectivity index (χ2n) is 5.42. The summed E-state index contributed by atoms with van der Waals surface area (Å²) in [5.41, 5.74) is 6.87. The molecule has 2 fully saturated rings. The first-order valence-corrected chi connectivity index (χ1v) is 6.74. The van der Waals surface area contributed by atoms with Crippen molar-refractivity contribution in [1.82, 2.24) is 0 Å². The van der Waals surface area contributed by atoms with Gasteiger partial charge in [0.2, 0.25) is 0 Å². The molecule has 0 spiro atoms. The van der Waals surface area contributed by atoms with Crippen molar-refractivity contribution in [1.29, 1.82) is 0 Å². The third kappa shape index (κ3) is 1.98. The Kier molecular flexibility index (Phi) is 2.87. The lowest BCUT2D eigenvalue weighted by molar-refractivity contribution is 0.476. The molecule has 1 aromatic carbocycles. The Labute approximate surface area is 106 Å². The van der Waals surface area contributed by atoms with Crippen LogP contribution in [-0.2, 0) is 6.42 Å². The molecule has 0 bridgehead atoms. The van der Waals surface area contributed by atoms with Crippen molar-refractivity contribution in [3.63, 3.8) is 0 Å². The minimum absolute atomic E-state index is 0.0956. The lowest BCUT2D eigenvalue weighted by Gasteiger charge is -2.14. The van der Waals surface area contributed by atoms with Crippen LogP contribution in [0.2, 0.25) is 5.02 Å². The van der Waals surface area contributed by atoms with E-state index in [0.29, 0.717) is 17.9 Å². The fourth-order valence-electron chi connectivity index (χ4n) is 3.61. The van der Waals surface area contributed by atoms with E-state index >= 15 is 0 Å². The lowest BCUT2D eigenvalue weighted by Crippen LogP contribution is -2.27. The largest absolute Gasteiger partial charge is 0.327 e. The molecule has 2 N–H and O–H groups in total. The van der Waals surface area contributed by atoms with Crippen LogP contribution in [0.3, 0.4) is 0 Å². The van der Waals surface area contributed by atoms with E-state index in [1.54, 1.807) is 18.2 Å². The molecule has 0 aromatic heterocycles. The number of halogens is 2. The average Bonchev–Trinajstić information content (AvgIpc) is 2.79. The number of fused-ring (bicyclic) bond motifs is 1. The predicted octanol–water partition coefficient (Wildman–Crippen LogP) is 3.40. The van der Waals surface area contributed by atoms with Crippen LogP contribution < -0.4 is 5.73 Å². The van der Waals surface area contributed by atoms with E-state index in [-0.39, 0.29) is 16.9 Å². The monoisotopic (exact) mass is 253 g/mol. The maximum absolute atomic E-state index is 13.7. The zero-order valence-electron chi connectivity index (χ0n) is 9.70. The molecule has 2 aliphatic rings. The molecule has 0 heterocycles. The van der Waals surface area contributed by atoms with Gasteiger partial charge in [-0.05, 0) is 48.6 Å². The summed E-state index contributed by atoms with van der Waals surface area (Å²) in [5, 5.41) is 0.200. The van der Waals surface area contributed by atoms with Crippen molar-refractivity contribution in [2.75, 3.05) is 0 Å². The van der Waals surface area contributed by atoms with Gasteiger partial charge in [0.05, 0.1) is 5.02 Å². The summed E-state index contributed by atoms with van der Waals surface area (Å²) in [6, 6.07) is 5.26. The molecule has 0 aliphatic heterocycles. The average molecular weight is 254 g/mol. The van der Waals surface area contributed by atoms with E-state index in [1.807, 2.05) is 0 Å². The number of rotatable bonds is 3. The first-order valence-electron chi connectivity index (χ1n) is 6.37. The zero-order valence-corrected chi connectivity index (χ0v) is 10.5. The van der Waals surface area contributed by atoms with Crippen molar-refractivity contribution < 1.29 is 4.39 Å². The van der Waals surface area contributed by atoms with Crippen molar-refractivity contribution in [3.05, 3.63) is 34.6 Å². The number of hydrogen-bond acceptors (Lipinski definition) is 1. The Balaban J connectivity index is 1.69. The molecule has 0 saturated heterocycles. The summed E-state index contributed by atoms with van der Waals surface area (Å²) in [7, 11) is 0. The van der Waals surface area contributed by atoms with Crippen LogP contribution in [0, 0.1) is 23.6 Å². The summed E-state index contributed by atoms with van der Waals surface area (Å²) >= 11 is 5.77. The molecule has 92 valence electrons. The SMILES string of the molecule is NC(Cc1cccc(Cl)c1F)C1C2CCCC21. The fraction of sp³-hybridized carbons (Fsp3) is 0.571. The predicted molar refractivity (Wildman–Crippen MR) is 67.4 cm³/mol. The third-order valence-corrected chi connectivity index (χ3v) is 4.75. The second kappa shape index (κ2) is 4.25. The number of benzene rings is 1. The van der Waals surface area contributed by atoms with E-state index in [9.17, 15) is 4.39 Å². The highest BCUT2D eigenvalue weighted by Gasteiger charge is 2.54. The van der Waals surface area contributed by atoms with Crippen molar-refractivity contribution in [2.45, 2.75) is 31.7 Å². The second-order valence-corrected chi connectivity index (χ2v) is 5.82. The van der Waals surface area contributed by atoms with Gasteiger partial charge in [-0.1, -0.05) is 30.2 Å². The number of nitrogens with two attached hydrogens (primary N) is 1. The van der Waals surface area contributed by atoms with Crippen LogP contribution in [-0.4, -0.2) is 6.04 Å². The molecule has 0 amide bonds. The summed E-state index contributed by atoms with van der Waals surface area (Å²) in [5.74, 6) is 1.98. The molecule has 3 atom stereocenters. The maximum Gasteiger partial charge on any atom is 0.145 e. The summed E-state index contributed by atoms with van der Waals surface area (Å²) in [6.07, 6.45) is 4.61. The first kappa shape index (κ1) is 11.5. The van der Waals surface area contributed by atoms with Gasteiger partial charge < -0.3 is 5.73 Å². The van der Waals surface area contributed by atoms with Gasteiger partial charge in [-0.25, -0.2) is 4.39 Å². The normalized spacial score (nSPS) is 32.3. The standard InChI is InChI=1S/C14H17ClFN/c15-11-6-1-3-8(14(11)16)7-12(17)13-9-4-2-5-10(9)13/h1,3,6,9-10,12-13H,2,4-5,7,17H2. The quantitative estimate of drug-likeness (QED) is 0.878. The molecular formula is C14H17ClFN. The van der Waals surface area contributed by atoms with E-state index in [2.05, 4.69) is 0 Å². The molecular weight excluding hydrogens is 237 g/mol. The van der Waals surface area contributed by atoms with Gasteiger partial charge in [0.1, 0.15) is 5.82 Å². The lowest BCUT2D eigenvalue weighted by atomic mass is 9.98. The van der Waals surface area contributed by atoms with Gasteiger partial charge >= 0.3 is 0 Å². The minimum Gasteiger partial charge on any atom is -0.327 e. The summed E-state index contributed by atoms with van der Waals surface area (Å²) < 4.78 is 13.7. The van der Waals surface area contributed by atoms with Crippen LogP contribution in [0.15, 0.2) is 18.2 Å². The molecule has 1 aromatic rings. The molecule has 2 aliphatic carbocycles. The van der Waals surface area contributed by atoms with Gasteiger partial charge in [-0.2, -0.15) is 0 Å². The molecule has 2 saturated carbocycles. The van der Waals surface area contributed by atoms with Crippen molar-refractivity contribution in [2.24, 2.45) is 23.5 Å². The summed E-state index contributed by atoms with van der Waals surface area (Å²) in [6.45, 7) is 0. The van der Waals surface area contributed by atoms with Crippen LogP contribution in [0.25, 0.3) is 0 Å². The first-order chi connectivity index (χ1) is 8.18. The van der Waals surface area contributed by atoms with E-state index in [1.165, 1.54) is 19.3 Å². The van der Waals surface area contributed by atoms with Gasteiger partial charge in [-0.3, -0.25) is 0 Å². The van der Waals surface area contributed by atoms with Crippen LogP contribution in [0.5, 0.6) is 0 Å². The van der Waals surface area contributed by atoms with Gasteiger partial charge in [0, 0.05) is 6.04 Å². The Hall–Kier alpha value is -0.600. The van der Waals surface area contributed by atoms with Gasteiger partial charge in [0.25, 0.3) is 0 Å². The fourth-order valence-corrected chi connectivity index (χ4v) is 3.80. The van der Waals surface area contributed by atoms with Gasteiger partial charge in [-0.15, -0.1) is 0 Å². The van der Waals surface area contributed by atoms with Gasteiger partial charge in [0.15, 0.2) is 0 Å². The topological polar surface area (TPSA) is 26.0 Å². The van der Waals surface area contributed by atoms with Crippen molar-refractivity contribution >= 4 is 11.6 Å². The van der Waals surface area contributed by atoms with E-state index < -0.39 is 0 Å². The highest BCUT2D eigenvalue weighted by Crippen LogP contribution is 2.58. The highest BCUT2D eigenvalue weighted by atomic mass is 35.5. The summed E-state index contributed by atoms with van der Waals surface area (Å²) in [4.78, 5) is 0. The Morgan fingerprint density at radius 2 is 2.06 bits per heavy atom. The zero-order chi connectivity index (χ0) is 12.0. The number of hydrogen-bond donors (Lipinski definition) is 1. The molecule has 3 heteroatoms. The van der Waals surface area contributed by atoms with Crippen molar-refractivity contribution in [3.8, 4) is 0 Å². The molecule has 0 radical (unpaired) electrons. The Bertz CT molecular complexity index is 424. The van der Waals surface area contributed by atoms with Crippen LogP contribution >= 0.6 is 11.6 Å². The van der Waals surface area contributed by atoms with E-state index in [0.717, 1.165) is 11.8 Å². The van der Waals surface area contributed by atoms with Crippen LogP contribution in [0.1, 0.15) is 24.8 Å². The van der Waals surface area contributed by atoms with Crippen LogP contribution in [0.4, 0.5) is 4.39 Å². The van der Waals surface area contributed by atoms with E-state index in [4.69, 9.17) is 17.3 Å². The Morgan fingerprint density at radius 3 is 2.76 bits per heavy atom. The highest BCUT2D eigenvalue weighted by molar-refractivity contribution is 6.30.